The van der Waals surface area contributed by atoms with E-state index < -0.39 is 12.1 Å². The minimum Gasteiger partial charge on any atom is -0.463 e. The van der Waals surface area contributed by atoms with Crippen LogP contribution in [0.2, 0.25) is 5.15 Å². The number of nitriles is 1. The maximum atomic E-state index is 12.3. The highest BCUT2D eigenvalue weighted by Gasteiger charge is 2.38. The number of amides is 1. The van der Waals surface area contributed by atoms with Gasteiger partial charge in [0.15, 0.2) is 10.9 Å². The van der Waals surface area contributed by atoms with Gasteiger partial charge in [-0.15, -0.1) is 0 Å². The highest BCUT2D eigenvalue weighted by Crippen LogP contribution is 2.35. The molecule has 0 atom stereocenters. The standard InChI is InChI=1S/C16H11ClF3N5O2/c17-14-13-11(23-8-24-14)9(7-21)12(10-3-1-6-27-10)25(13)5-2-4-22-15(26)16(18,19)20/h1,3,6,8H,2,4-5H2,(H,22,26). The third-order valence-electron chi connectivity index (χ3n) is 3.76. The predicted octanol–water partition coefficient (Wildman–Crippen LogP) is 3.28. The van der Waals surface area contributed by atoms with Crippen molar-refractivity contribution in [2.45, 2.75) is 19.1 Å². The van der Waals surface area contributed by atoms with Crippen LogP contribution in [-0.4, -0.2) is 33.2 Å². The van der Waals surface area contributed by atoms with Gasteiger partial charge in [0.2, 0.25) is 0 Å². The maximum Gasteiger partial charge on any atom is 0.471 e. The number of aryl methyl sites for hydroxylation is 1. The molecule has 0 aromatic carbocycles. The number of carbonyl (C=O) groups is 1. The molecule has 0 bridgehead atoms. The summed E-state index contributed by atoms with van der Waals surface area (Å²) in [5.41, 5.74) is 1.28. The fourth-order valence-corrected chi connectivity index (χ4v) is 2.91. The number of carbonyl (C=O) groups excluding carboxylic acids is 1. The van der Waals surface area contributed by atoms with Crippen LogP contribution in [-0.2, 0) is 11.3 Å². The van der Waals surface area contributed by atoms with Gasteiger partial charge in [-0.25, -0.2) is 9.97 Å². The number of hydrogen-bond acceptors (Lipinski definition) is 5. The molecule has 27 heavy (non-hydrogen) atoms. The largest absolute Gasteiger partial charge is 0.471 e. The highest BCUT2D eigenvalue weighted by molar-refractivity contribution is 6.34. The molecule has 1 N–H and O–H groups in total. The van der Waals surface area contributed by atoms with E-state index in [0.29, 0.717) is 22.5 Å². The topological polar surface area (TPSA) is 96.7 Å². The summed E-state index contributed by atoms with van der Waals surface area (Å²) in [6.45, 7) is -0.0672. The number of rotatable bonds is 5. The summed E-state index contributed by atoms with van der Waals surface area (Å²) in [4.78, 5) is 18.9. The quantitative estimate of drug-likeness (QED) is 0.526. The lowest BCUT2D eigenvalue weighted by atomic mass is 10.2. The first kappa shape index (κ1) is 18.7. The Bertz CT molecular complexity index is 1020. The summed E-state index contributed by atoms with van der Waals surface area (Å²) >= 11 is 6.16. The van der Waals surface area contributed by atoms with Gasteiger partial charge < -0.3 is 14.3 Å². The molecule has 0 aliphatic heterocycles. The fourth-order valence-electron chi connectivity index (χ4n) is 2.68. The van der Waals surface area contributed by atoms with Gasteiger partial charge in [0.25, 0.3) is 0 Å². The molecule has 3 rings (SSSR count). The first-order chi connectivity index (χ1) is 12.8. The zero-order chi connectivity index (χ0) is 19.6. The zero-order valence-corrected chi connectivity index (χ0v) is 14.3. The highest BCUT2D eigenvalue weighted by atomic mass is 35.5. The molecular formula is C16H11ClF3N5O2. The van der Waals surface area contributed by atoms with E-state index in [2.05, 4.69) is 16.0 Å². The second-order valence-corrected chi connectivity index (χ2v) is 5.79. The van der Waals surface area contributed by atoms with Crippen molar-refractivity contribution in [2.75, 3.05) is 6.54 Å². The van der Waals surface area contributed by atoms with E-state index in [0.717, 1.165) is 0 Å². The molecular weight excluding hydrogens is 387 g/mol. The van der Waals surface area contributed by atoms with Crippen molar-refractivity contribution in [1.82, 2.24) is 19.9 Å². The monoisotopic (exact) mass is 397 g/mol. The molecule has 0 fully saturated rings. The van der Waals surface area contributed by atoms with Crippen LogP contribution in [0.3, 0.4) is 0 Å². The molecule has 0 unspecified atom stereocenters. The number of nitrogens with one attached hydrogen (secondary N) is 1. The van der Waals surface area contributed by atoms with Crippen LogP contribution in [0.15, 0.2) is 29.1 Å². The average Bonchev–Trinajstić information content (AvgIpc) is 3.23. The SMILES string of the molecule is N#Cc1c(-c2ccco2)n(CCCNC(=O)C(F)(F)F)c2c(Cl)ncnc12. The maximum absolute atomic E-state index is 12.3. The summed E-state index contributed by atoms with van der Waals surface area (Å²) in [5, 5.41) is 11.5. The lowest BCUT2D eigenvalue weighted by Crippen LogP contribution is -2.37. The summed E-state index contributed by atoms with van der Waals surface area (Å²) in [5.74, 6) is -1.63. The third kappa shape index (κ3) is 3.59. The smallest absolute Gasteiger partial charge is 0.463 e. The normalized spacial score (nSPS) is 11.5. The number of halogens is 4. The second kappa shape index (κ2) is 7.28. The zero-order valence-electron chi connectivity index (χ0n) is 13.5. The van der Waals surface area contributed by atoms with E-state index in [4.69, 9.17) is 16.0 Å². The van der Waals surface area contributed by atoms with Gasteiger partial charge >= 0.3 is 12.1 Å². The number of furan rings is 1. The molecule has 3 heterocycles. The van der Waals surface area contributed by atoms with Gasteiger partial charge in [0, 0.05) is 13.1 Å². The number of hydrogen-bond donors (Lipinski definition) is 1. The molecule has 3 aromatic rings. The Hall–Kier alpha value is -3.06. The lowest BCUT2D eigenvalue weighted by molar-refractivity contribution is -0.173. The van der Waals surface area contributed by atoms with Gasteiger partial charge in [-0.1, -0.05) is 11.6 Å². The Morgan fingerprint density at radius 1 is 1.41 bits per heavy atom. The van der Waals surface area contributed by atoms with Gasteiger partial charge in [-0.05, 0) is 18.6 Å². The predicted molar refractivity (Wildman–Crippen MR) is 88.6 cm³/mol. The Balaban J connectivity index is 1.95. The van der Waals surface area contributed by atoms with Crippen LogP contribution in [0, 0.1) is 11.3 Å². The van der Waals surface area contributed by atoms with E-state index in [-0.39, 0.29) is 30.2 Å². The Morgan fingerprint density at radius 3 is 2.81 bits per heavy atom. The average molecular weight is 398 g/mol. The molecule has 0 radical (unpaired) electrons. The number of aromatic nitrogens is 3. The molecule has 11 heteroatoms. The van der Waals surface area contributed by atoms with Crippen LogP contribution in [0.25, 0.3) is 22.5 Å². The minimum absolute atomic E-state index is 0.0913. The molecule has 0 saturated heterocycles. The molecule has 0 saturated carbocycles. The molecule has 0 aliphatic carbocycles. The first-order valence-electron chi connectivity index (χ1n) is 7.66. The van der Waals surface area contributed by atoms with Crippen LogP contribution >= 0.6 is 11.6 Å². The molecule has 3 aromatic heterocycles. The van der Waals surface area contributed by atoms with Crippen molar-refractivity contribution in [3.8, 4) is 17.5 Å². The number of nitrogens with zero attached hydrogens (tertiary/aromatic N) is 4. The lowest BCUT2D eigenvalue weighted by Gasteiger charge is -2.11. The molecule has 0 aliphatic rings. The minimum atomic E-state index is -4.94. The Morgan fingerprint density at radius 2 is 2.19 bits per heavy atom. The fraction of sp³-hybridized carbons (Fsp3) is 0.250. The molecule has 7 nitrogen and oxygen atoms in total. The number of fused-ring (bicyclic) bond motifs is 1. The van der Waals surface area contributed by atoms with Gasteiger partial charge in [-0.2, -0.15) is 18.4 Å². The summed E-state index contributed by atoms with van der Waals surface area (Å²) in [6.07, 6.45) is -2.15. The molecule has 1 amide bonds. The summed E-state index contributed by atoms with van der Waals surface area (Å²) < 4.78 is 43.8. The van der Waals surface area contributed by atoms with Gasteiger partial charge in [0.05, 0.1) is 6.26 Å². The Kier molecular flexibility index (Phi) is 5.05. The van der Waals surface area contributed by atoms with Gasteiger partial charge in [-0.3, -0.25) is 4.79 Å². The van der Waals surface area contributed by atoms with E-state index in [1.165, 1.54) is 12.6 Å². The number of alkyl halides is 3. The van der Waals surface area contributed by atoms with E-state index in [9.17, 15) is 23.2 Å². The summed E-state index contributed by atoms with van der Waals surface area (Å²) in [7, 11) is 0. The van der Waals surface area contributed by atoms with Crippen molar-refractivity contribution in [2.24, 2.45) is 0 Å². The van der Waals surface area contributed by atoms with Crippen LogP contribution in [0.1, 0.15) is 12.0 Å². The van der Waals surface area contributed by atoms with Crippen molar-refractivity contribution >= 4 is 28.5 Å². The van der Waals surface area contributed by atoms with Crippen LogP contribution in [0.4, 0.5) is 13.2 Å². The van der Waals surface area contributed by atoms with Crippen molar-refractivity contribution in [1.29, 1.82) is 5.26 Å². The van der Waals surface area contributed by atoms with Gasteiger partial charge in [0.1, 0.15) is 34.7 Å². The van der Waals surface area contributed by atoms with Crippen molar-refractivity contribution in [3.05, 3.63) is 35.4 Å². The third-order valence-corrected chi connectivity index (χ3v) is 4.04. The molecule has 140 valence electrons. The Labute approximate surface area is 155 Å². The second-order valence-electron chi connectivity index (χ2n) is 5.43. The van der Waals surface area contributed by atoms with E-state index >= 15 is 0 Å². The van der Waals surface area contributed by atoms with Crippen molar-refractivity contribution < 1.29 is 22.4 Å². The first-order valence-corrected chi connectivity index (χ1v) is 8.04. The van der Waals surface area contributed by atoms with E-state index in [1.807, 2.05) is 0 Å². The van der Waals surface area contributed by atoms with Crippen molar-refractivity contribution in [3.63, 3.8) is 0 Å². The summed E-state index contributed by atoms with van der Waals surface area (Å²) in [6, 6.07) is 5.33. The molecule has 0 spiro atoms. The van der Waals surface area contributed by atoms with Crippen LogP contribution in [0.5, 0.6) is 0 Å². The van der Waals surface area contributed by atoms with Crippen LogP contribution < -0.4 is 5.32 Å². The van der Waals surface area contributed by atoms with E-state index in [1.54, 1.807) is 22.0 Å².